The van der Waals surface area contributed by atoms with E-state index in [1.807, 2.05) is 18.2 Å². The molecule has 0 amide bonds. The summed E-state index contributed by atoms with van der Waals surface area (Å²) in [7, 11) is 0. The number of benzene rings is 1. The zero-order chi connectivity index (χ0) is 10.6. The maximum atomic E-state index is 4.43. The molecule has 0 spiro atoms. The second-order valence-corrected chi connectivity index (χ2v) is 4.11. The molecule has 14 heavy (non-hydrogen) atoms. The Morgan fingerprint density at radius 1 is 1.43 bits per heavy atom. The highest BCUT2D eigenvalue weighted by molar-refractivity contribution is 9.18. The Labute approximate surface area is 93.7 Å². The van der Waals surface area contributed by atoms with Crippen LogP contribution in [-0.4, -0.2) is 4.62 Å². The Bertz CT molecular complexity index is 338. The van der Waals surface area contributed by atoms with Gasteiger partial charge in [-0.2, -0.15) is 0 Å². The maximum Gasteiger partial charge on any atom is 0.0902 e. The zero-order valence-electron chi connectivity index (χ0n) is 8.50. The summed E-state index contributed by atoms with van der Waals surface area (Å²) in [4.78, 5) is 4.43. The lowest BCUT2D eigenvalue weighted by atomic mass is 10.2. The van der Waals surface area contributed by atoms with Gasteiger partial charge in [0.05, 0.1) is 10.3 Å². The van der Waals surface area contributed by atoms with Gasteiger partial charge in [0.2, 0.25) is 0 Å². The van der Waals surface area contributed by atoms with Crippen molar-refractivity contribution < 1.29 is 0 Å². The molecule has 0 aromatic heterocycles. The quantitative estimate of drug-likeness (QED) is 0.563. The van der Waals surface area contributed by atoms with Crippen LogP contribution in [0.2, 0.25) is 0 Å². The molecule has 0 saturated heterocycles. The summed E-state index contributed by atoms with van der Waals surface area (Å²) in [6, 6.07) is 8.12. The van der Waals surface area contributed by atoms with E-state index in [-0.39, 0.29) is 5.92 Å². The van der Waals surface area contributed by atoms with Crippen molar-refractivity contribution in [2.24, 2.45) is 10.9 Å². The van der Waals surface area contributed by atoms with Crippen molar-refractivity contribution in [1.82, 2.24) is 0 Å². The van der Waals surface area contributed by atoms with Crippen LogP contribution in [-0.2, 0) is 0 Å². The normalized spacial score (nSPS) is 13.8. The van der Waals surface area contributed by atoms with Gasteiger partial charge in [-0.15, -0.1) is 6.58 Å². The highest BCUT2D eigenvalue weighted by atomic mass is 79.9. The number of hydrogen-bond acceptors (Lipinski definition) is 1. The van der Waals surface area contributed by atoms with Crippen LogP contribution in [0.15, 0.2) is 41.9 Å². The molecule has 0 aliphatic heterocycles. The van der Waals surface area contributed by atoms with E-state index in [0.717, 1.165) is 10.3 Å². The molecular weight excluding hydrogens is 238 g/mol. The molecule has 1 atom stereocenters. The fourth-order valence-corrected chi connectivity index (χ4v) is 1.33. The first kappa shape index (κ1) is 11.2. The number of aryl methyl sites for hydroxylation is 1. The van der Waals surface area contributed by atoms with Gasteiger partial charge in [0.15, 0.2) is 0 Å². The average molecular weight is 252 g/mol. The SMILES string of the molecule is C=CC(C)C(Br)=Nc1ccc(C)cc1. The molecule has 2 heteroatoms. The van der Waals surface area contributed by atoms with Gasteiger partial charge in [-0.25, -0.2) is 4.99 Å². The van der Waals surface area contributed by atoms with E-state index < -0.39 is 0 Å². The molecule has 0 bridgehead atoms. The van der Waals surface area contributed by atoms with Gasteiger partial charge >= 0.3 is 0 Å². The van der Waals surface area contributed by atoms with Crippen LogP contribution in [0, 0.1) is 12.8 Å². The molecule has 0 N–H and O–H groups in total. The van der Waals surface area contributed by atoms with Gasteiger partial charge in [0.1, 0.15) is 0 Å². The lowest BCUT2D eigenvalue weighted by molar-refractivity contribution is 1.02. The van der Waals surface area contributed by atoms with Gasteiger partial charge in [0.25, 0.3) is 0 Å². The van der Waals surface area contributed by atoms with E-state index in [1.54, 1.807) is 0 Å². The van der Waals surface area contributed by atoms with E-state index in [2.05, 4.69) is 53.5 Å². The summed E-state index contributed by atoms with van der Waals surface area (Å²) in [6.45, 7) is 7.84. The average Bonchev–Trinajstić information content (AvgIpc) is 2.20. The second kappa shape index (κ2) is 5.11. The Morgan fingerprint density at radius 2 is 2.00 bits per heavy atom. The minimum atomic E-state index is 0.260. The lowest BCUT2D eigenvalue weighted by Gasteiger charge is -2.03. The molecule has 0 heterocycles. The predicted octanol–water partition coefficient (Wildman–Crippen LogP) is 4.24. The first-order chi connectivity index (χ1) is 6.63. The number of aliphatic imine (C=N–C) groups is 1. The molecule has 1 aromatic rings. The molecule has 1 unspecified atom stereocenters. The minimum absolute atomic E-state index is 0.260. The van der Waals surface area contributed by atoms with Crippen LogP contribution in [0.3, 0.4) is 0 Å². The molecular formula is C12H14BrN. The number of halogens is 1. The van der Waals surface area contributed by atoms with E-state index in [1.165, 1.54) is 5.56 Å². The first-order valence-corrected chi connectivity index (χ1v) is 5.36. The standard InChI is InChI=1S/C12H14BrN/c1-4-10(3)12(13)14-11-7-5-9(2)6-8-11/h4-8,10H,1H2,2-3H3. The fraction of sp³-hybridized carbons (Fsp3) is 0.250. The summed E-state index contributed by atoms with van der Waals surface area (Å²) in [5.41, 5.74) is 2.22. The van der Waals surface area contributed by atoms with Crippen LogP contribution < -0.4 is 0 Å². The third-order valence-corrected chi connectivity index (χ3v) is 2.90. The highest BCUT2D eigenvalue weighted by Gasteiger charge is 2.01. The summed E-state index contributed by atoms with van der Waals surface area (Å²) in [5, 5.41) is 0. The molecule has 0 radical (unpaired) electrons. The molecule has 1 aromatic carbocycles. The van der Waals surface area contributed by atoms with Crippen molar-refractivity contribution >= 4 is 26.2 Å². The van der Waals surface area contributed by atoms with Gasteiger partial charge in [-0.1, -0.05) is 30.7 Å². The summed E-state index contributed by atoms with van der Waals surface area (Å²) >= 11 is 3.44. The van der Waals surface area contributed by atoms with Crippen LogP contribution in [0.1, 0.15) is 12.5 Å². The Balaban J connectivity index is 2.86. The monoisotopic (exact) mass is 251 g/mol. The van der Waals surface area contributed by atoms with Crippen molar-refractivity contribution in [3.63, 3.8) is 0 Å². The van der Waals surface area contributed by atoms with Crippen molar-refractivity contribution in [2.75, 3.05) is 0 Å². The molecule has 0 saturated carbocycles. The van der Waals surface area contributed by atoms with Crippen molar-refractivity contribution in [3.05, 3.63) is 42.5 Å². The number of allylic oxidation sites excluding steroid dienone is 1. The van der Waals surface area contributed by atoms with Crippen LogP contribution in [0.5, 0.6) is 0 Å². The summed E-state index contributed by atoms with van der Waals surface area (Å²) in [5.74, 6) is 0.260. The van der Waals surface area contributed by atoms with E-state index in [9.17, 15) is 0 Å². The number of nitrogens with zero attached hydrogens (tertiary/aromatic N) is 1. The molecule has 0 aliphatic rings. The topological polar surface area (TPSA) is 12.4 Å². The first-order valence-electron chi connectivity index (χ1n) is 4.57. The third kappa shape index (κ3) is 3.11. The molecule has 1 rings (SSSR count). The maximum absolute atomic E-state index is 4.43. The fourth-order valence-electron chi connectivity index (χ4n) is 0.942. The van der Waals surface area contributed by atoms with Crippen molar-refractivity contribution in [1.29, 1.82) is 0 Å². The largest absolute Gasteiger partial charge is 0.245 e. The number of rotatable bonds is 3. The van der Waals surface area contributed by atoms with Gasteiger partial charge in [0, 0.05) is 5.92 Å². The van der Waals surface area contributed by atoms with Crippen LogP contribution in [0.25, 0.3) is 0 Å². The molecule has 1 nitrogen and oxygen atoms in total. The zero-order valence-corrected chi connectivity index (χ0v) is 10.1. The van der Waals surface area contributed by atoms with Crippen LogP contribution in [0.4, 0.5) is 5.69 Å². The van der Waals surface area contributed by atoms with Crippen molar-refractivity contribution in [3.8, 4) is 0 Å². The van der Waals surface area contributed by atoms with E-state index >= 15 is 0 Å². The third-order valence-electron chi connectivity index (χ3n) is 2.00. The second-order valence-electron chi connectivity index (χ2n) is 3.29. The lowest BCUT2D eigenvalue weighted by Crippen LogP contribution is -1.98. The van der Waals surface area contributed by atoms with Gasteiger partial charge < -0.3 is 0 Å². The predicted molar refractivity (Wildman–Crippen MR) is 66.6 cm³/mol. The van der Waals surface area contributed by atoms with Gasteiger partial charge in [-0.3, -0.25) is 0 Å². The molecule has 74 valence electrons. The molecule has 0 aliphatic carbocycles. The smallest absolute Gasteiger partial charge is 0.0902 e. The van der Waals surface area contributed by atoms with E-state index in [0.29, 0.717) is 0 Å². The van der Waals surface area contributed by atoms with Crippen molar-refractivity contribution in [2.45, 2.75) is 13.8 Å². The Morgan fingerprint density at radius 3 is 2.50 bits per heavy atom. The highest BCUT2D eigenvalue weighted by Crippen LogP contribution is 2.17. The Hall–Kier alpha value is -0.890. The summed E-state index contributed by atoms with van der Waals surface area (Å²) in [6.07, 6.45) is 1.86. The molecule has 0 fully saturated rings. The number of hydrogen-bond donors (Lipinski definition) is 0. The van der Waals surface area contributed by atoms with Gasteiger partial charge in [-0.05, 0) is 35.0 Å². The van der Waals surface area contributed by atoms with Crippen LogP contribution >= 0.6 is 15.9 Å². The summed E-state index contributed by atoms with van der Waals surface area (Å²) < 4.78 is 0.913. The minimum Gasteiger partial charge on any atom is -0.245 e. The van der Waals surface area contributed by atoms with E-state index in [4.69, 9.17) is 0 Å². The Kier molecular flexibility index (Phi) is 4.08.